The molecule has 4 aromatic rings. The average Bonchev–Trinajstić information content (AvgIpc) is 3.95. The molecule has 4 N–H and O–H groups in total. The molecule has 3 aliphatic carbocycles. The van der Waals surface area contributed by atoms with Gasteiger partial charge in [0.2, 0.25) is 0 Å². The number of carbonyl (C=O) groups is 4. The van der Waals surface area contributed by atoms with Gasteiger partial charge in [0.25, 0.3) is 11.8 Å². The van der Waals surface area contributed by atoms with Gasteiger partial charge >= 0.3 is 11.9 Å². The van der Waals surface area contributed by atoms with E-state index in [0.29, 0.717) is 53.8 Å². The van der Waals surface area contributed by atoms with Crippen LogP contribution in [0.2, 0.25) is 10.0 Å². The summed E-state index contributed by atoms with van der Waals surface area (Å²) in [5.74, 6) is -1.84. The highest BCUT2D eigenvalue weighted by molar-refractivity contribution is 6.40. The van der Waals surface area contributed by atoms with Crippen LogP contribution in [-0.2, 0) is 42.6 Å². The minimum Gasteiger partial charge on any atom is -0.481 e. The Kier molecular flexibility index (Phi) is 11.2. The minimum absolute atomic E-state index is 0.124. The number of pyridine rings is 1. The predicted molar refractivity (Wildman–Crippen MR) is 237 cm³/mol. The van der Waals surface area contributed by atoms with Gasteiger partial charge in [-0.2, -0.15) is 0 Å². The third-order valence-electron chi connectivity index (χ3n) is 15.2. The van der Waals surface area contributed by atoms with Crippen LogP contribution in [0.25, 0.3) is 11.1 Å². The Morgan fingerprint density at radius 2 is 1.48 bits per heavy atom. The molecule has 4 heterocycles. The molecule has 13 nitrogen and oxygen atoms in total. The van der Waals surface area contributed by atoms with Crippen molar-refractivity contribution in [1.82, 2.24) is 24.3 Å². The second-order valence-electron chi connectivity index (χ2n) is 18.8. The molecule has 15 heteroatoms. The molecule has 3 fully saturated rings. The summed E-state index contributed by atoms with van der Waals surface area (Å²) in [6, 6.07) is 12.8. The molecule has 62 heavy (non-hydrogen) atoms. The number of carboxylic acid groups (broad SMARTS) is 2. The van der Waals surface area contributed by atoms with E-state index in [1.165, 1.54) is 0 Å². The highest BCUT2D eigenvalue weighted by atomic mass is 35.5. The summed E-state index contributed by atoms with van der Waals surface area (Å²) in [5.41, 5.74) is 5.24. The molecule has 2 bridgehead atoms. The number of anilines is 2. The molecule has 9 rings (SSSR count). The SMILES string of the molecule is Cn1c(C(=O)Nc2cccc(-c3cccc(NC(=O)c4cc5c(cn4)CN([C@H]4CC[C@](C)(C(=O)O)CC4)CC5)c3Cl)c2Cl)nc2c1CCN(CCC13CCC(C(=O)O)(CC1)C3)C2. The number of nitrogens with zero attached hydrogens (tertiary/aromatic N) is 5. The number of halogens is 2. The quantitative estimate of drug-likeness (QED) is 0.115. The lowest BCUT2D eigenvalue weighted by molar-refractivity contribution is -0.150. The number of hydrogen-bond acceptors (Lipinski definition) is 8. The Balaban J connectivity index is 0.833. The lowest BCUT2D eigenvalue weighted by Gasteiger charge is -2.41. The molecule has 0 spiro atoms. The van der Waals surface area contributed by atoms with Crippen molar-refractivity contribution in [3.63, 3.8) is 0 Å². The van der Waals surface area contributed by atoms with E-state index in [1.54, 1.807) is 30.5 Å². The largest absolute Gasteiger partial charge is 0.481 e. The van der Waals surface area contributed by atoms with E-state index in [4.69, 9.17) is 28.2 Å². The molecular weight excluding hydrogens is 829 g/mol. The summed E-state index contributed by atoms with van der Waals surface area (Å²) >= 11 is 14.0. The van der Waals surface area contributed by atoms with Gasteiger partial charge in [0.15, 0.2) is 5.82 Å². The molecule has 2 amide bonds. The molecule has 2 aliphatic heterocycles. The molecule has 0 unspecified atom stereocenters. The predicted octanol–water partition coefficient (Wildman–Crippen LogP) is 8.47. The first-order valence-electron chi connectivity index (χ1n) is 21.8. The maximum atomic E-state index is 13.8. The van der Waals surface area contributed by atoms with Crippen LogP contribution in [0.1, 0.15) is 115 Å². The zero-order chi connectivity index (χ0) is 43.6. The number of fused-ring (bicyclic) bond motifs is 4. The van der Waals surface area contributed by atoms with Crippen molar-refractivity contribution in [2.75, 3.05) is 30.3 Å². The fourth-order valence-electron chi connectivity index (χ4n) is 11.1. The molecular formula is C47H53Cl2N7O6. The second kappa shape index (κ2) is 16.4. The van der Waals surface area contributed by atoms with E-state index in [-0.39, 0.29) is 27.1 Å². The van der Waals surface area contributed by atoms with Crippen molar-refractivity contribution in [2.45, 2.75) is 103 Å². The molecule has 5 aliphatic rings. The van der Waals surface area contributed by atoms with Gasteiger partial charge in [0, 0.05) is 68.7 Å². The third kappa shape index (κ3) is 7.79. The molecule has 2 aromatic carbocycles. The van der Waals surface area contributed by atoms with E-state index in [0.717, 1.165) is 113 Å². The van der Waals surface area contributed by atoms with Gasteiger partial charge in [-0.3, -0.25) is 34.0 Å². The smallest absolute Gasteiger partial charge is 0.309 e. The van der Waals surface area contributed by atoms with Crippen LogP contribution in [-0.4, -0.2) is 84.0 Å². The van der Waals surface area contributed by atoms with Gasteiger partial charge in [-0.05, 0) is 119 Å². The summed E-state index contributed by atoms with van der Waals surface area (Å²) in [7, 11) is 1.86. The van der Waals surface area contributed by atoms with E-state index >= 15 is 0 Å². The Morgan fingerprint density at radius 1 is 0.823 bits per heavy atom. The first-order valence-corrected chi connectivity index (χ1v) is 22.6. The molecule has 2 aromatic heterocycles. The maximum Gasteiger partial charge on any atom is 0.309 e. The maximum absolute atomic E-state index is 13.8. The highest BCUT2D eigenvalue weighted by Gasteiger charge is 2.57. The molecule has 0 atom stereocenters. The number of aromatic nitrogens is 3. The number of amides is 2. The Hall–Kier alpha value is -4.82. The van der Waals surface area contributed by atoms with Crippen molar-refractivity contribution in [3.8, 4) is 11.1 Å². The lowest BCUT2D eigenvalue weighted by atomic mass is 9.73. The van der Waals surface area contributed by atoms with E-state index in [1.807, 2.05) is 36.7 Å². The van der Waals surface area contributed by atoms with E-state index < -0.39 is 28.7 Å². The summed E-state index contributed by atoms with van der Waals surface area (Å²) in [4.78, 5) is 65.2. The first-order chi connectivity index (χ1) is 29.7. The number of aliphatic carboxylic acids is 2. The van der Waals surface area contributed by atoms with Crippen LogP contribution in [0.3, 0.4) is 0 Å². The number of nitrogens with one attached hydrogen (secondary N) is 2. The van der Waals surface area contributed by atoms with Crippen LogP contribution < -0.4 is 10.6 Å². The van der Waals surface area contributed by atoms with Crippen molar-refractivity contribution in [3.05, 3.63) is 92.7 Å². The summed E-state index contributed by atoms with van der Waals surface area (Å²) in [6.45, 7) is 5.77. The van der Waals surface area contributed by atoms with Gasteiger partial charge in [-0.15, -0.1) is 0 Å². The second-order valence-corrected chi connectivity index (χ2v) is 19.6. The molecule has 326 valence electrons. The summed E-state index contributed by atoms with van der Waals surface area (Å²) in [5, 5.41) is 26.0. The van der Waals surface area contributed by atoms with Gasteiger partial charge in [0.05, 0.1) is 37.9 Å². The highest BCUT2D eigenvalue weighted by Crippen LogP contribution is 2.63. The van der Waals surface area contributed by atoms with Gasteiger partial charge in [-0.25, -0.2) is 4.98 Å². The fourth-order valence-corrected chi connectivity index (χ4v) is 11.6. The lowest BCUT2D eigenvalue weighted by Crippen LogP contribution is -2.44. The van der Waals surface area contributed by atoms with Gasteiger partial charge in [-0.1, -0.05) is 47.5 Å². The Labute approximate surface area is 371 Å². The number of carbonyl (C=O) groups excluding carboxylic acids is 2. The van der Waals surface area contributed by atoms with Gasteiger partial charge < -0.3 is 25.4 Å². The normalized spacial score (nSPS) is 25.8. The third-order valence-corrected chi connectivity index (χ3v) is 16.0. The summed E-state index contributed by atoms with van der Waals surface area (Å²) in [6.07, 6.45) is 11.7. The van der Waals surface area contributed by atoms with Crippen LogP contribution in [0.15, 0.2) is 48.7 Å². The molecule has 3 saturated carbocycles. The Morgan fingerprint density at radius 3 is 2.11 bits per heavy atom. The minimum atomic E-state index is -0.715. The zero-order valence-electron chi connectivity index (χ0n) is 35.2. The average molecular weight is 883 g/mol. The first kappa shape index (κ1) is 42.5. The van der Waals surface area contributed by atoms with Crippen LogP contribution in [0.5, 0.6) is 0 Å². The van der Waals surface area contributed by atoms with Crippen LogP contribution in [0.4, 0.5) is 11.4 Å². The van der Waals surface area contributed by atoms with Crippen molar-refractivity contribution in [2.24, 2.45) is 23.3 Å². The number of hydrogen-bond donors (Lipinski definition) is 4. The topological polar surface area (TPSA) is 170 Å². The standard InChI is InChI=1S/C47H53Cl2N7O6/c1-45(43(59)60)13-9-30(10-14-45)56-21-11-28-23-35(50-24-29(28)25-56)41(57)52-33-7-3-5-31(38(33)48)32-6-4-8-34(39(32)49)53-42(58)40-51-36-26-55(20-12-37(36)54(40)2)22-19-46-15-17-47(27-46,18-16-46)44(61)62/h3-8,23-24,30H,9-22,25-27H2,1-2H3,(H,52,57)(H,53,58)(H,59,60)(H,61,62)/t30-,45-,46?,47?. The molecule has 0 saturated heterocycles. The Bertz CT molecular complexity index is 2470. The van der Waals surface area contributed by atoms with E-state index in [2.05, 4.69) is 25.4 Å². The van der Waals surface area contributed by atoms with E-state index in [9.17, 15) is 29.4 Å². The van der Waals surface area contributed by atoms with Crippen molar-refractivity contribution >= 4 is 58.3 Å². The zero-order valence-corrected chi connectivity index (χ0v) is 36.7. The van der Waals surface area contributed by atoms with Crippen LogP contribution >= 0.6 is 23.2 Å². The van der Waals surface area contributed by atoms with Crippen LogP contribution in [0, 0.1) is 16.2 Å². The number of imidazole rings is 1. The number of rotatable bonds is 11. The van der Waals surface area contributed by atoms with Crippen molar-refractivity contribution < 1.29 is 29.4 Å². The monoisotopic (exact) mass is 881 g/mol. The number of carboxylic acids is 2. The van der Waals surface area contributed by atoms with Gasteiger partial charge in [0.1, 0.15) is 5.69 Å². The molecule has 0 radical (unpaired) electrons. The summed E-state index contributed by atoms with van der Waals surface area (Å²) < 4.78 is 1.86. The number of benzene rings is 2. The van der Waals surface area contributed by atoms with Crippen molar-refractivity contribution in [1.29, 1.82) is 0 Å². The fraction of sp³-hybridized carbons (Fsp3) is 0.489.